The van der Waals surface area contributed by atoms with Crippen LogP contribution in [-0.4, -0.2) is 36.2 Å². The van der Waals surface area contributed by atoms with Crippen LogP contribution in [0.15, 0.2) is 5.10 Å². The number of alkyl halides is 6. The van der Waals surface area contributed by atoms with E-state index in [0.717, 1.165) is 5.43 Å². The predicted octanol–water partition coefficient (Wildman–Crippen LogP) is 1.76. The van der Waals surface area contributed by atoms with Crippen molar-refractivity contribution >= 4 is 11.7 Å². The lowest BCUT2D eigenvalue weighted by Crippen LogP contribution is -2.63. The van der Waals surface area contributed by atoms with Crippen LogP contribution in [0.1, 0.15) is 13.3 Å². The van der Waals surface area contributed by atoms with Crippen LogP contribution in [0, 0.1) is 0 Å². The van der Waals surface area contributed by atoms with Crippen LogP contribution in [-0.2, 0) is 9.53 Å². The summed E-state index contributed by atoms with van der Waals surface area (Å²) in [5.74, 6) is -1.31. The molecular formula is C8H8F6N2O2. The van der Waals surface area contributed by atoms with Crippen molar-refractivity contribution < 1.29 is 35.9 Å². The number of halogens is 6. The molecule has 0 spiro atoms. The third kappa shape index (κ3) is 2.23. The maximum Gasteiger partial charge on any atom is 0.422 e. The second-order valence-corrected chi connectivity index (χ2v) is 3.47. The van der Waals surface area contributed by atoms with Gasteiger partial charge in [0, 0.05) is 6.42 Å². The summed E-state index contributed by atoms with van der Waals surface area (Å²) in [7, 11) is 0. The summed E-state index contributed by atoms with van der Waals surface area (Å²) in [5, 5.41) is 2.79. The molecule has 0 atom stereocenters. The van der Waals surface area contributed by atoms with E-state index in [1.54, 1.807) is 0 Å². The number of carbonyl (C=O) groups excluding carboxylic acids is 1. The Balaban J connectivity index is 3.00. The molecule has 1 aliphatic rings. The topological polar surface area (TPSA) is 50.7 Å². The van der Waals surface area contributed by atoms with Crippen LogP contribution in [0.4, 0.5) is 26.3 Å². The molecule has 0 bridgehead atoms. The van der Waals surface area contributed by atoms with Gasteiger partial charge in [0.1, 0.15) is 5.71 Å². The minimum Gasteiger partial charge on any atom is -0.461 e. The molecule has 0 saturated carbocycles. The Hall–Kier alpha value is -1.48. The van der Waals surface area contributed by atoms with Gasteiger partial charge in [-0.05, 0) is 6.92 Å². The van der Waals surface area contributed by atoms with Crippen LogP contribution < -0.4 is 5.43 Å². The molecule has 18 heavy (non-hydrogen) atoms. The number of ether oxygens (including phenoxy) is 1. The molecular weight excluding hydrogens is 270 g/mol. The van der Waals surface area contributed by atoms with Crippen molar-refractivity contribution in [1.82, 2.24) is 5.43 Å². The molecule has 10 heteroatoms. The maximum atomic E-state index is 12.5. The molecule has 0 amide bonds. The number of hydrogen-bond donors (Lipinski definition) is 1. The van der Waals surface area contributed by atoms with Crippen molar-refractivity contribution in [1.29, 1.82) is 0 Å². The maximum absolute atomic E-state index is 12.5. The molecule has 1 aliphatic heterocycles. The summed E-state index contributed by atoms with van der Waals surface area (Å²) < 4.78 is 79.5. The van der Waals surface area contributed by atoms with Crippen LogP contribution in [0.3, 0.4) is 0 Å². The monoisotopic (exact) mass is 278 g/mol. The van der Waals surface area contributed by atoms with Gasteiger partial charge in [0.05, 0.1) is 6.61 Å². The molecule has 0 aromatic carbocycles. The average Bonchev–Trinajstić information content (AvgIpc) is 2.61. The van der Waals surface area contributed by atoms with Gasteiger partial charge < -0.3 is 4.74 Å². The minimum absolute atomic E-state index is 0.178. The molecule has 4 nitrogen and oxygen atoms in total. The number of hydrogen-bond acceptors (Lipinski definition) is 4. The summed E-state index contributed by atoms with van der Waals surface area (Å²) >= 11 is 0. The number of nitrogens with zero attached hydrogens (tertiary/aromatic N) is 1. The van der Waals surface area contributed by atoms with Gasteiger partial charge in [-0.25, -0.2) is 4.79 Å². The van der Waals surface area contributed by atoms with Crippen LogP contribution in [0.25, 0.3) is 0 Å². The first kappa shape index (κ1) is 14.6. The number of rotatable bonds is 2. The second kappa shape index (κ2) is 4.32. The number of carbonyl (C=O) groups is 1. The highest BCUT2D eigenvalue weighted by Crippen LogP contribution is 2.47. The Morgan fingerprint density at radius 3 is 2.17 bits per heavy atom. The van der Waals surface area contributed by atoms with Crippen molar-refractivity contribution in [2.45, 2.75) is 31.2 Å². The minimum atomic E-state index is -5.64. The molecule has 0 saturated heterocycles. The molecule has 0 aromatic heterocycles. The number of hydrazone groups is 1. The van der Waals surface area contributed by atoms with Crippen LogP contribution in [0.5, 0.6) is 0 Å². The molecule has 1 N–H and O–H groups in total. The van der Waals surface area contributed by atoms with Gasteiger partial charge in [-0.3, -0.25) is 5.43 Å². The SMILES string of the molecule is CCOC(=O)C1=NNC(C(F)(F)F)(C(F)(F)F)C1. The summed E-state index contributed by atoms with van der Waals surface area (Å²) in [6, 6.07) is 0. The lowest BCUT2D eigenvalue weighted by Gasteiger charge is -2.32. The molecule has 1 rings (SSSR count). The zero-order chi connectivity index (χ0) is 14.2. The standard InChI is InChI=1S/C8H8F6N2O2/c1-2-18-5(17)4-3-6(16-15-4,7(9,10)11)8(12,13)14/h16H,2-3H2,1H3. The van der Waals surface area contributed by atoms with E-state index in [9.17, 15) is 31.1 Å². The zero-order valence-corrected chi connectivity index (χ0v) is 8.95. The molecule has 1 heterocycles. The second-order valence-electron chi connectivity index (χ2n) is 3.47. The summed E-state index contributed by atoms with van der Waals surface area (Å²) in [6.45, 7) is 1.19. The lowest BCUT2D eigenvalue weighted by molar-refractivity contribution is -0.302. The highest BCUT2D eigenvalue weighted by atomic mass is 19.4. The Bertz CT molecular complexity index is 359. The van der Waals surface area contributed by atoms with Crippen LogP contribution >= 0.6 is 0 Å². The van der Waals surface area contributed by atoms with E-state index < -0.39 is 36.0 Å². The Labute approximate surface area is 97.0 Å². The lowest BCUT2D eigenvalue weighted by atomic mass is 9.93. The highest BCUT2D eigenvalue weighted by Gasteiger charge is 2.73. The van der Waals surface area contributed by atoms with Crippen molar-refractivity contribution in [3.8, 4) is 0 Å². The van der Waals surface area contributed by atoms with Crippen LogP contribution in [0.2, 0.25) is 0 Å². The fourth-order valence-corrected chi connectivity index (χ4v) is 1.31. The molecule has 0 fully saturated rings. The van der Waals surface area contributed by atoms with Gasteiger partial charge in [-0.15, -0.1) is 0 Å². The van der Waals surface area contributed by atoms with Gasteiger partial charge in [0.2, 0.25) is 0 Å². The van der Waals surface area contributed by atoms with Crippen molar-refractivity contribution in [2.24, 2.45) is 5.10 Å². The molecule has 104 valence electrons. The molecule has 0 aliphatic carbocycles. The quantitative estimate of drug-likeness (QED) is 0.618. The van der Waals surface area contributed by atoms with Gasteiger partial charge in [-0.1, -0.05) is 0 Å². The Kier molecular flexibility index (Phi) is 3.50. The first-order chi connectivity index (χ1) is 8.05. The normalized spacial score (nSPS) is 19.2. The summed E-state index contributed by atoms with van der Waals surface area (Å²) in [5.41, 5.74) is -4.20. The molecule has 0 radical (unpaired) electrons. The van der Waals surface area contributed by atoms with E-state index in [-0.39, 0.29) is 6.61 Å². The first-order valence-electron chi connectivity index (χ1n) is 4.69. The van der Waals surface area contributed by atoms with Gasteiger partial charge in [-0.2, -0.15) is 31.4 Å². The summed E-state index contributed by atoms with van der Waals surface area (Å²) in [6.07, 6.45) is -12.9. The van der Waals surface area contributed by atoms with Gasteiger partial charge >= 0.3 is 18.3 Å². The van der Waals surface area contributed by atoms with Crippen molar-refractivity contribution in [2.75, 3.05) is 6.61 Å². The van der Waals surface area contributed by atoms with Gasteiger partial charge in [0.15, 0.2) is 0 Å². The Morgan fingerprint density at radius 1 is 1.33 bits per heavy atom. The number of esters is 1. The van der Waals surface area contributed by atoms with Gasteiger partial charge in [0.25, 0.3) is 5.54 Å². The fourth-order valence-electron chi connectivity index (χ4n) is 1.31. The highest BCUT2D eigenvalue weighted by molar-refractivity contribution is 6.37. The first-order valence-corrected chi connectivity index (χ1v) is 4.69. The average molecular weight is 278 g/mol. The summed E-state index contributed by atoms with van der Waals surface area (Å²) in [4.78, 5) is 11.1. The molecule has 0 unspecified atom stereocenters. The smallest absolute Gasteiger partial charge is 0.422 e. The van der Waals surface area contributed by atoms with E-state index >= 15 is 0 Å². The molecule has 0 aromatic rings. The third-order valence-electron chi connectivity index (χ3n) is 2.29. The number of nitrogens with one attached hydrogen (secondary N) is 1. The predicted molar refractivity (Wildman–Crippen MR) is 46.7 cm³/mol. The Morgan fingerprint density at radius 2 is 1.83 bits per heavy atom. The zero-order valence-electron chi connectivity index (χ0n) is 8.95. The fraction of sp³-hybridized carbons (Fsp3) is 0.750. The van der Waals surface area contributed by atoms with E-state index in [1.165, 1.54) is 6.92 Å². The largest absolute Gasteiger partial charge is 0.461 e. The van der Waals surface area contributed by atoms with E-state index in [4.69, 9.17) is 0 Å². The van der Waals surface area contributed by atoms with E-state index in [1.807, 2.05) is 0 Å². The van der Waals surface area contributed by atoms with E-state index in [2.05, 4.69) is 9.84 Å². The van der Waals surface area contributed by atoms with Crippen molar-refractivity contribution in [3.63, 3.8) is 0 Å². The van der Waals surface area contributed by atoms with Crippen molar-refractivity contribution in [3.05, 3.63) is 0 Å². The van der Waals surface area contributed by atoms with E-state index in [0.29, 0.717) is 0 Å². The third-order valence-corrected chi connectivity index (χ3v) is 2.29.